The molecule has 18 heteroatoms. The Hall–Kier alpha value is -3.87. The van der Waals surface area contributed by atoms with Crippen molar-refractivity contribution in [3.05, 3.63) is 0 Å². The maximum atomic E-state index is 13.0. The average molecular weight is 677 g/mol. The molecule has 0 spiro atoms. The second kappa shape index (κ2) is 27.3. The van der Waals surface area contributed by atoms with E-state index >= 15 is 0 Å². The van der Waals surface area contributed by atoms with Gasteiger partial charge in [0, 0.05) is 39.3 Å². The highest BCUT2D eigenvalue weighted by atomic mass is 16.5. The predicted octanol–water partition coefficient (Wildman–Crippen LogP) is -2.65. The van der Waals surface area contributed by atoms with E-state index in [1.807, 2.05) is 0 Å². The Labute approximate surface area is 274 Å². The lowest BCUT2D eigenvalue weighted by atomic mass is 10.1. The molecule has 0 saturated heterocycles. The van der Waals surface area contributed by atoms with E-state index in [0.29, 0.717) is 19.5 Å². The van der Waals surface area contributed by atoms with Gasteiger partial charge in [0.05, 0.1) is 13.0 Å². The van der Waals surface area contributed by atoms with Crippen molar-refractivity contribution >= 4 is 41.5 Å². The van der Waals surface area contributed by atoms with Crippen molar-refractivity contribution in [3.63, 3.8) is 0 Å². The molecule has 0 fully saturated rings. The minimum atomic E-state index is -1.39. The van der Waals surface area contributed by atoms with Gasteiger partial charge in [0.2, 0.25) is 23.6 Å². The van der Waals surface area contributed by atoms with Crippen molar-refractivity contribution < 1.29 is 58.7 Å². The number of carboxylic acid groups (broad SMARTS) is 2. The molecule has 0 aromatic carbocycles. The van der Waals surface area contributed by atoms with Crippen molar-refractivity contribution in [2.75, 3.05) is 52.5 Å². The van der Waals surface area contributed by atoms with Gasteiger partial charge in [0.1, 0.15) is 24.8 Å². The molecule has 0 rings (SSSR count). The normalized spacial score (nSPS) is 12.7. The Balaban J connectivity index is 4.70. The van der Waals surface area contributed by atoms with Gasteiger partial charge in [-0.1, -0.05) is 0 Å². The summed E-state index contributed by atoms with van der Waals surface area (Å²) >= 11 is 0. The van der Waals surface area contributed by atoms with Crippen molar-refractivity contribution in [1.82, 2.24) is 31.9 Å². The molecule has 3 unspecified atom stereocenters. The predicted molar refractivity (Wildman–Crippen MR) is 167 cm³/mol. The first-order valence-corrected chi connectivity index (χ1v) is 15.8. The van der Waals surface area contributed by atoms with Crippen molar-refractivity contribution in [2.24, 2.45) is 0 Å². The van der Waals surface area contributed by atoms with Crippen molar-refractivity contribution in [2.45, 2.75) is 89.3 Å². The van der Waals surface area contributed by atoms with Crippen LogP contribution in [0.4, 0.5) is 0 Å². The standard InChI is InChI=1S/C29H52N6O12/c1-20(37)32-16-4-14-30-12-2-3-13-31-15-5-17-33-28(45)22(6-9-25(40)41)35-29(46)23(7-10-26(42)43)34-24(39)8-11-27(44)47-19-21(38)18-36/h21-23,30-31,36,38H,2-19H2,1H3,(H,32,37)(H,33,45)(H,34,39)(H,35,46)(H,40,41)(H,42,43). The summed E-state index contributed by atoms with van der Waals surface area (Å²) in [5.41, 5.74) is 0. The minimum Gasteiger partial charge on any atom is -0.481 e. The van der Waals surface area contributed by atoms with Crippen molar-refractivity contribution in [3.8, 4) is 0 Å². The first-order valence-electron chi connectivity index (χ1n) is 15.8. The number of nitrogens with one attached hydrogen (secondary N) is 6. The van der Waals surface area contributed by atoms with Gasteiger partial charge in [-0.15, -0.1) is 0 Å². The Morgan fingerprint density at radius 1 is 0.638 bits per heavy atom. The molecule has 0 radical (unpaired) electrons. The molecule has 10 N–H and O–H groups in total. The summed E-state index contributed by atoms with van der Waals surface area (Å²) in [6.45, 7) is 4.32. The average Bonchev–Trinajstić information content (AvgIpc) is 3.02. The first-order chi connectivity index (χ1) is 22.3. The van der Waals surface area contributed by atoms with Gasteiger partial charge in [0.25, 0.3) is 0 Å². The van der Waals surface area contributed by atoms with Crippen LogP contribution in [0.3, 0.4) is 0 Å². The summed E-state index contributed by atoms with van der Waals surface area (Å²) in [5, 5.41) is 52.8. The molecule has 0 bridgehead atoms. The number of unbranched alkanes of at least 4 members (excludes halogenated alkanes) is 1. The quantitative estimate of drug-likeness (QED) is 0.0286. The molecule has 0 aromatic rings. The first kappa shape index (κ1) is 43.1. The molecule has 270 valence electrons. The molecular formula is C29H52N6O12. The van der Waals surface area contributed by atoms with Crippen LogP contribution in [0.25, 0.3) is 0 Å². The number of rotatable bonds is 29. The Kier molecular flexibility index (Phi) is 25.0. The number of amides is 4. The highest BCUT2D eigenvalue weighted by Crippen LogP contribution is 2.05. The molecule has 0 saturated carbocycles. The van der Waals surface area contributed by atoms with Gasteiger partial charge in [-0.05, 0) is 64.7 Å². The van der Waals surface area contributed by atoms with Gasteiger partial charge in [-0.2, -0.15) is 0 Å². The molecule has 0 aromatic heterocycles. The highest BCUT2D eigenvalue weighted by molar-refractivity contribution is 5.93. The lowest BCUT2D eigenvalue weighted by Gasteiger charge is -2.23. The van der Waals surface area contributed by atoms with E-state index < -0.39 is 92.7 Å². The van der Waals surface area contributed by atoms with Gasteiger partial charge in [-0.3, -0.25) is 33.6 Å². The number of esters is 1. The van der Waals surface area contributed by atoms with E-state index in [4.69, 9.17) is 20.1 Å². The van der Waals surface area contributed by atoms with Crippen LogP contribution in [0, 0.1) is 0 Å². The maximum Gasteiger partial charge on any atom is 0.306 e. The molecule has 18 nitrogen and oxygen atoms in total. The van der Waals surface area contributed by atoms with Crippen LogP contribution < -0.4 is 31.9 Å². The van der Waals surface area contributed by atoms with E-state index in [1.54, 1.807) is 0 Å². The number of aliphatic hydroxyl groups is 2. The highest BCUT2D eigenvalue weighted by Gasteiger charge is 2.28. The zero-order valence-electron chi connectivity index (χ0n) is 27.0. The minimum absolute atomic E-state index is 0.0442. The van der Waals surface area contributed by atoms with E-state index in [2.05, 4.69) is 31.9 Å². The van der Waals surface area contributed by atoms with E-state index in [0.717, 1.165) is 38.9 Å². The zero-order chi connectivity index (χ0) is 35.5. The molecule has 4 amide bonds. The molecule has 0 heterocycles. The van der Waals surface area contributed by atoms with Crippen LogP contribution in [0.1, 0.15) is 71.1 Å². The largest absolute Gasteiger partial charge is 0.481 e. The van der Waals surface area contributed by atoms with E-state index in [1.165, 1.54) is 6.92 Å². The number of carbonyl (C=O) groups is 7. The Morgan fingerprint density at radius 3 is 1.66 bits per heavy atom. The van der Waals surface area contributed by atoms with Crippen LogP contribution in [0.2, 0.25) is 0 Å². The van der Waals surface area contributed by atoms with Crippen molar-refractivity contribution in [1.29, 1.82) is 0 Å². The summed E-state index contributed by atoms with van der Waals surface area (Å²) in [4.78, 5) is 83.0. The monoisotopic (exact) mass is 676 g/mol. The second-order valence-corrected chi connectivity index (χ2v) is 10.8. The summed E-state index contributed by atoms with van der Waals surface area (Å²) in [6.07, 6.45) is -0.349. The fourth-order valence-corrected chi connectivity index (χ4v) is 3.92. The second-order valence-electron chi connectivity index (χ2n) is 10.8. The number of aliphatic carboxylic acids is 2. The Morgan fingerprint density at radius 2 is 1.15 bits per heavy atom. The fraction of sp³-hybridized carbons (Fsp3) is 0.759. The third kappa shape index (κ3) is 26.0. The third-order valence-electron chi connectivity index (χ3n) is 6.47. The zero-order valence-corrected chi connectivity index (χ0v) is 27.0. The lowest BCUT2D eigenvalue weighted by molar-refractivity contribution is -0.148. The Bertz CT molecular complexity index is 983. The maximum absolute atomic E-state index is 13.0. The van der Waals surface area contributed by atoms with Gasteiger partial charge < -0.3 is 57.1 Å². The van der Waals surface area contributed by atoms with Gasteiger partial charge >= 0.3 is 17.9 Å². The molecule has 0 aliphatic carbocycles. The van der Waals surface area contributed by atoms with Crippen LogP contribution in [0.15, 0.2) is 0 Å². The topological polar surface area (TPSA) is 282 Å². The van der Waals surface area contributed by atoms with Gasteiger partial charge in [0.15, 0.2) is 0 Å². The van der Waals surface area contributed by atoms with E-state index in [-0.39, 0.29) is 25.3 Å². The van der Waals surface area contributed by atoms with Crippen LogP contribution in [0.5, 0.6) is 0 Å². The molecule has 47 heavy (non-hydrogen) atoms. The number of carbonyl (C=O) groups excluding carboxylic acids is 5. The van der Waals surface area contributed by atoms with Crippen LogP contribution >= 0.6 is 0 Å². The number of aliphatic hydroxyl groups excluding tert-OH is 2. The smallest absolute Gasteiger partial charge is 0.306 e. The van der Waals surface area contributed by atoms with E-state index in [9.17, 15) is 38.7 Å². The summed E-state index contributed by atoms with van der Waals surface area (Å²) in [7, 11) is 0. The number of carboxylic acids is 2. The molecule has 0 aliphatic heterocycles. The number of hydrogen-bond donors (Lipinski definition) is 10. The fourth-order valence-electron chi connectivity index (χ4n) is 3.92. The lowest BCUT2D eigenvalue weighted by Crippen LogP contribution is -2.54. The molecule has 3 atom stereocenters. The summed E-state index contributed by atoms with van der Waals surface area (Å²) in [6, 6.07) is -2.66. The summed E-state index contributed by atoms with van der Waals surface area (Å²) < 4.78 is 4.70. The van der Waals surface area contributed by atoms with Crippen LogP contribution in [-0.2, 0) is 38.3 Å². The SMILES string of the molecule is CC(=O)NCCCNCCCCNCCCNC(=O)C(CCC(=O)O)NC(=O)C(CCC(=O)O)NC(=O)CCC(=O)OCC(O)CO. The third-order valence-corrected chi connectivity index (χ3v) is 6.47. The number of ether oxygens (including phenoxy) is 1. The molecular weight excluding hydrogens is 624 g/mol. The van der Waals surface area contributed by atoms with Gasteiger partial charge in [-0.25, -0.2) is 0 Å². The molecule has 0 aliphatic rings. The number of hydrogen-bond acceptors (Lipinski definition) is 12. The summed E-state index contributed by atoms with van der Waals surface area (Å²) in [5.74, 6) is -5.66. The van der Waals surface area contributed by atoms with Crippen LogP contribution in [-0.4, -0.2) is 133 Å².